The summed E-state index contributed by atoms with van der Waals surface area (Å²) in [6.45, 7) is 6.19. The molecule has 2 saturated heterocycles. The van der Waals surface area contributed by atoms with Crippen molar-refractivity contribution < 1.29 is 4.79 Å². The van der Waals surface area contributed by atoms with E-state index in [1.807, 2.05) is 7.05 Å². The van der Waals surface area contributed by atoms with Gasteiger partial charge in [-0.3, -0.25) is 9.69 Å². The Hall–Kier alpha value is -0.610. The quantitative estimate of drug-likeness (QED) is 0.819. The summed E-state index contributed by atoms with van der Waals surface area (Å²) in [4.78, 5) is 17.1. The molecule has 0 aromatic carbocycles. The second kappa shape index (κ2) is 7.25. The summed E-state index contributed by atoms with van der Waals surface area (Å²) in [5.41, 5.74) is 0. The Labute approximate surface area is 117 Å². The van der Waals surface area contributed by atoms with Crippen LogP contribution in [0.2, 0.25) is 0 Å². The zero-order chi connectivity index (χ0) is 13.7. The molecule has 0 bridgehead atoms. The highest BCUT2D eigenvalue weighted by Gasteiger charge is 2.32. The lowest BCUT2D eigenvalue weighted by molar-refractivity contribution is -0.136. The van der Waals surface area contributed by atoms with Gasteiger partial charge in [-0.1, -0.05) is 6.42 Å². The van der Waals surface area contributed by atoms with Gasteiger partial charge in [-0.05, 0) is 59.2 Å². The number of carbonyl (C=O) groups is 1. The monoisotopic (exact) mass is 267 g/mol. The lowest BCUT2D eigenvalue weighted by atomic mass is 9.97. The fourth-order valence-electron chi connectivity index (χ4n) is 3.50. The molecule has 0 aromatic rings. The first-order valence-corrected chi connectivity index (χ1v) is 7.93. The number of hydrogen-bond acceptors (Lipinski definition) is 3. The first-order valence-electron chi connectivity index (χ1n) is 7.93. The van der Waals surface area contributed by atoms with E-state index in [2.05, 4.69) is 22.0 Å². The van der Waals surface area contributed by atoms with Crippen LogP contribution in [0, 0.1) is 0 Å². The van der Waals surface area contributed by atoms with Gasteiger partial charge in [-0.15, -0.1) is 0 Å². The summed E-state index contributed by atoms with van der Waals surface area (Å²) in [7, 11) is 2.01. The fourth-order valence-corrected chi connectivity index (χ4v) is 3.50. The largest absolute Gasteiger partial charge is 0.341 e. The van der Waals surface area contributed by atoms with E-state index < -0.39 is 0 Å². The van der Waals surface area contributed by atoms with E-state index in [9.17, 15) is 4.79 Å². The standard InChI is InChI=1S/C15H29N3O/c1-13(15(19)17-10-5-6-11-17)18-12-4-3-7-14(18)8-9-16-2/h13-14,16H,3-12H2,1-2H3. The molecular formula is C15H29N3O. The smallest absolute Gasteiger partial charge is 0.239 e. The van der Waals surface area contributed by atoms with Crippen molar-refractivity contribution in [1.29, 1.82) is 0 Å². The molecule has 2 unspecified atom stereocenters. The maximum absolute atomic E-state index is 12.5. The first kappa shape index (κ1) is 14.8. The number of rotatable bonds is 5. The second-order valence-corrected chi connectivity index (χ2v) is 5.99. The number of likely N-dealkylation sites (tertiary alicyclic amines) is 2. The zero-order valence-corrected chi connectivity index (χ0v) is 12.5. The first-order chi connectivity index (χ1) is 9.24. The van der Waals surface area contributed by atoms with Gasteiger partial charge in [-0.25, -0.2) is 0 Å². The van der Waals surface area contributed by atoms with Crippen LogP contribution in [0.5, 0.6) is 0 Å². The molecule has 0 saturated carbocycles. The van der Waals surface area contributed by atoms with E-state index in [-0.39, 0.29) is 6.04 Å². The molecule has 19 heavy (non-hydrogen) atoms. The Bertz CT molecular complexity index is 289. The Balaban J connectivity index is 1.93. The van der Waals surface area contributed by atoms with Crippen LogP contribution < -0.4 is 5.32 Å². The zero-order valence-electron chi connectivity index (χ0n) is 12.5. The van der Waals surface area contributed by atoms with Gasteiger partial charge in [0.25, 0.3) is 0 Å². The van der Waals surface area contributed by atoms with Crippen LogP contribution in [0.4, 0.5) is 0 Å². The van der Waals surface area contributed by atoms with Crippen LogP contribution in [0.3, 0.4) is 0 Å². The molecule has 0 aliphatic carbocycles. The summed E-state index contributed by atoms with van der Waals surface area (Å²) < 4.78 is 0. The van der Waals surface area contributed by atoms with Crippen LogP contribution in [0.25, 0.3) is 0 Å². The topological polar surface area (TPSA) is 35.6 Å². The molecule has 110 valence electrons. The molecule has 0 spiro atoms. The van der Waals surface area contributed by atoms with Gasteiger partial charge in [0, 0.05) is 19.1 Å². The number of hydrogen-bond donors (Lipinski definition) is 1. The number of piperidine rings is 1. The van der Waals surface area contributed by atoms with Crippen LogP contribution in [0.1, 0.15) is 45.4 Å². The van der Waals surface area contributed by atoms with Crippen LogP contribution >= 0.6 is 0 Å². The van der Waals surface area contributed by atoms with Gasteiger partial charge in [-0.2, -0.15) is 0 Å². The van der Waals surface area contributed by atoms with Gasteiger partial charge < -0.3 is 10.2 Å². The van der Waals surface area contributed by atoms with Crippen molar-refractivity contribution in [3.63, 3.8) is 0 Å². The average Bonchev–Trinajstić information content (AvgIpc) is 2.98. The predicted molar refractivity (Wildman–Crippen MR) is 78.2 cm³/mol. The number of nitrogens with one attached hydrogen (secondary N) is 1. The van der Waals surface area contributed by atoms with Crippen LogP contribution in [0.15, 0.2) is 0 Å². The highest BCUT2D eigenvalue weighted by Crippen LogP contribution is 2.23. The Morgan fingerprint density at radius 2 is 1.89 bits per heavy atom. The van der Waals surface area contributed by atoms with Crippen molar-refractivity contribution in [3.8, 4) is 0 Å². The number of amides is 1. The molecule has 2 aliphatic heterocycles. The minimum atomic E-state index is 0.0697. The van der Waals surface area contributed by atoms with E-state index >= 15 is 0 Å². The lowest BCUT2D eigenvalue weighted by Gasteiger charge is -2.40. The Kier molecular flexibility index (Phi) is 5.64. The van der Waals surface area contributed by atoms with Crippen LogP contribution in [-0.2, 0) is 4.79 Å². The SMILES string of the molecule is CNCCC1CCCCN1C(C)C(=O)N1CCCC1. The highest BCUT2D eigenvalue weighted by molar-refractivity contribution is 5.81. The maximum Gasteiger partial charge on any atom is 0.239 e. The van der Waals surface area contributed by atoms with Gasteiger partial charge in [0.2, 0.25) is 5.91 Å². The normalized spacial score (nSPS) is 26.6. The van der Waals surface area contributed by atoms with Gasteiger partial charge in [0.1, 0.15) is 0 Å². The van der Waals surface area contributed by atoms with Crippen molar-refractivity contribution >= 4 is 5.91 Å². The third kappa shape index (κ3) is 3.69. The third-order valence-corrected chi connectivity index (χ3v) is 4.67. The summed E-state index contributed by atoms with van der Waals surface area (Å²) in [6, 6.07) is 0.656. The molecule has 2 atom stereocenters. The number of nitrogens with zero attached hydrogens (tertiary/aromatic N) is 2. The van der Waals surface area contributed by atoms with Crippen molar-refractivity contribution in [2.45, 2.75) is 57.5 Å². The molecule has 4 heteroatoms. The summed E-state index contributed by atoms with van der Waals surface area (Å²) in [5, 5.41) is 3.24. The molecule has 2 heterocycles. The minimum Gasteiger partial charge on any atom is -0.341 e. The summed E-state index contributed by atoms with van der Waals surface area (Å²) in [5.74, 6) is 0.355. The molecule has 2 aliphatic rings. The molecule has 0 radical (unpaired) electrons. The van der Waals surface area contributed by atoms with E-state index in [1.54, 1.807) is 0 Å². The van der Waals surface area contributed by atoms with Crippen molar-refractivity contribution in [3.05, 3.63) is 0 Å². The molecule has 2 rings (SSSR count). The minimum absolute atomic E-state index is 0.0697. The third-order valence-electron chi connectivity index (χ3n) is 4.67. The van der Waals surface area contributed by atoms with Crippen molar-refractivity contribution in [2.24, 2.45) is 0 Å². The lowest BCUT2D eigenvalue weighted by Crippen LogP contribution is -2.52. The van der Waals surface area contributed by atoms with E-state index in [0.717, 1.165) is 32.6 Å². The van der Waals surface area contributed by atoms with Gasteiger partial charge in [0.05, 0.1) is 6.04 Å². The molecule has 0 aromatic heterocycles. The number of carbonyl (C=O) groups excluding carboxylic acids is 1. The summed E-state index contributed by atoms with van der Waals surface area (Å²) >= 11 is 0. The average molecular weight is 267 g/mol. The second-order valence-electron chi connectivity index (χ2n) is 5.99. The Morgan fingerprint density at radius 3 is 2.58 bits per heavy atom. The summed E-state index contributed by atoms with van der Waals surface area (Å²) in [6.07, 6.45) is 7.33. The molecule has 1 N–H and O–H groups in total. The van der Waals surface area contributed by atoms with E-state index in [1.165, 1.54) is 32.1 Å². The van der Waals surface area contributed by atoms with Gasteiger partial charge >= 0.3 is 0 Å². The molecular weight excluding hydrogens is 238 g/mol. The molecule has 1 amide bonds. The maximum atomic E-state index is 12.5. The molecule has 4 nitrogen and oxygen atoms in total. The highest BCUT2D eigenvalue weighted by atomic mass is 16.2. The fraction of sp³-hybridized carbons (Fsp3) is 0.933. The van der Waals surface area contributed by atoms with Crippen molar-refractivity contribution in [2.75, 3.05) is 33.2 Å². The predicted octanol–water partition coefficient (Wildman–Crippen LogP) is 1.46. The molecule has 2 fully saturated rings. The van der Waals surface area contributed by atoms with Gasteiger partial charge in [0.15, 0.2) is 0 Å². The van der Waals surface area contributed by atoms with Crippen molar-refractivity contribution in [1.82, 2.24) is 15.1 Å². The van der Waals surface area contributed by atoms with E-state index in [4.69, 9.17) is 0 Å². The Morgan fingerprint density at radius 1 is 1.21 bits per heavy atom. The van der Waals surface area contributed by atoms with Crippen LogP contribution in [-0.4, -0.2) is 61.0 Å². The van der Waals surface area contributed by atoms with E-state index in [0.29, 0.717) is 11.9 Å².